The van der Waals surface area contributed by atoms with Crippen molar-refractivity contribution in [3.63, 3.8) is 0 Å². The first-order chi connectivity index (χ1) is 12.6. The molecular formula is C20H18N2O4. The second kappa shape index (κ2) is 7.65. The molecule has 26 heavy (non-hydrogen) atoms. The minimum Gasteiger partial charge on any atom is -0.422 e. The van der Waals surface area contributed by atoms with Crippen LogP contribution in [0.5, 0.6) is 0 Å². The first-order valence-corrected chi connectivity index (χ1v) is 8.27. The predicted molar refractivity (Wildman–Crippen MR) is 99.3 cm³/mol. The molecule has 1 aromatic heterocycles. The van der Waals surface area contributed by atoms with Crippen LogP contribution in [0.4, 0.5) is 5.69 Å². The summed E-state index contributed by atoms with van der Waals surface area (Å²) >= 11 is 0. The Hall–Kier alpha value is -3.41. The van der Waals surface area contributed by atoms with Crippen molar-refractivity contribution in [2.45, 2.75) is 13.3 Å². The van der Waals surface area contributed by atoms with Crippen LogP contribution < -0.4 is 16.3 Å². The monoisotopic (exact) mass is 350 g/mol. The standard InChI is InChI=1S/C20H18N2O4/c1-2-13-7-3-5-9-16(13)22-18(23)12-21-19(24)15-11-14-8-4-6-10-17(14)26-20(15)25/h3-11H,2,12H2,1H3,(H,21,24)(H,22,23). The fourth-order valence-corrected chi connectivity index (χ4v) is 2.62. The molecule has 0 spiro atoms. The number of benzene rings is 2. The number of hydrogen-bond donors (Lipinski definition) is 2. The van der Waals surface area contributed by atoms with Gasteiger partial charge in [0, 0.05) is 11.1 Å². The SMILES string of the molecule is CCc1ccccc1NC(=O)CNC(=O)c1cc2ccccc2oc1=O. The van der Waals surface area contributed by atoms with Crippen molar-refractivity contribution in [2.24, 2.45) is 0 Å². The van der Waals surface area contributed by atoms with Gasteiger partial charge in [0.2, 0.25) is 5.91 Å². The first-order valence-electron chi connectivity index (χ1n) is 8.27. The molecule has 0 radical (unpaired) electrons. The van der Waals surface area contributed by atoms with Crippen LogP contribution in [0.2, 0.25) is 0 Å². The molecule has 0 aliphatic carbocycles. The van der Waals surface area contributed by atoms with Crippen LogP contribution in [0.15, 0.2) is 63.8 Å². The quantitative estimate of drug-likeness (QED) is 0.693. The number of para-hydroxylation sites is 2. The average Bonchev–Trinajstić information content (AvgIpc) is 2.66. The number of fused-ring (bicyclic) bond motifs is 1. The maximum atomic E-state index is 12.2. The van der Waals surface area contributed by atoms with Gasteiger partial charge in [0.25, 0.3) is 5.91 Å². The van der Waals surface area contributed by atoms with Gasteiger partial charge in [-0.25, -0.2) is 4.79 Å². The average molecular weight is 350 g/mol. The molecule has 0 saturated carbocycles. The van der Waals surface area contributed by atoms with E-state index in [0.717, 1.165) is 12.0 Å². The van der Waals surface area contributed by atoms with Crippen LogP contribution >= 0.6 is 0 Å². The van der Waals surface area contributed by atoms with E-state index in [1.165, 1.54) is 6.07 Å². The summed E-state index contributed by atoms with van der Waals surface area (Å²) in [5, 5.41) is 5.85. The molecule has 0 aliphatic rings. The van der Waals surface area contributed by atoms with Gasteiger partial charge in [-0.1, -0.05) is 43.3 Å². The number of carbonyl (C=O) groups excluding carboxylic acids is 2. The second-order valence-corrected chi connectivity index (χ2v) is 5.73. The fourth-order valence-electron chi connectivity index (χ4n) is 2.62. The van der Waals surface area contributed by atoms with Crippen molar-refractivity contribution in [1.29, 1.82) is 0 Å². The summed E-state index contributed by atoms with van der Waals surface area (Å²) in [7, 11) is 0. The Balaban J connectivity index is 1.68. The molecule has 2 aromatic carbocycles. The van der Waals surface area contributed by atoms with Crippen LogP contribution in [0, 0.1) is 0 Å². The summed E-state index contributed by atoms with van der Waals surface area (Å²) in [4.78, 5) is 36.3. The van der Waals surface area contributed by atoms with Gasteiger partial charge >= 0.3 is 5.63 Å². The molecule has 6 heteroatoms. The minimum atomic E-state index is -0.738. The highest BCUT2D eigenvalue weighted by Gasteiger charge is 2.15. The van der Waals surface area contributed by atoms with E-state index in [1.807, 2.05) is 25.1 Å². The van der Waals surface area contributed by atoms with Gasteiger partial charge in [-0.3, -0.25) is 9.59 Å². The molecule has 3 aromatic rings. The highest BCUT2D eigenvalue weighted by Crippen LogP contribution is 2.15. The predicted octanol–water partition coefficient (Wildman–Crippen LogP) is 2.72. The molecule has 2 N–H and O–H groups in total. The third kappa shape index (κ3) is 3.80. The summed E-state index contributed by atoms with van der Waals surface area (Å²) in [6, 6.07) is 15.8. The van der Waals surface area contributed by atoms with Crippen LogP contribution in [-0.2, 0) is 11.2 Å². The Morgan fingerprint density at radius 3 is 2.58 bits per heavy atom. The van der Waals surface area contributed by atoms with Crippen LogP contribution in [0.25, 0.3) is 11.0 Å². The molecule has 0 saturated heterocycles. The fraction of sp³-hybridized carbons (Fsp3) is 0.150. The summed E-state index contributed by atoms with van der Waals surface area (Å²) in [5.74, 6) is -1.02. The number of amides is 2. The molecule has 0 bridgehead atoms. The summed E-state index contributed by atoms with van der Waals surface area (Å²) in [6.07, 6.45) is 0.779. The molecule has 0 fully saturated rings. The maximum absolute atomic E-state index is 12.2. The van der Waals surface area contributed by atoms with E-state index in [9.17, 15) is 14.4 Å². The number of hydrogen-bond acceptors (Lipinski definition) is 4. The molecule has 6 nitrogen and oxygen atoms in total. The number of aryl methyl sites for hydroxylation is 1. The topological polar surface area (TPSA) is 88.4 Å². The molecule has 2 amide bonds. The smallest absolute Gasteiger partial charge is 0.349 e. The van der Waals surface area contributed by atoms with Crippen molar-refractivity contribution in [3.05, 3.63) is 76.1 Å². The highest BCUT2D eigenvalue weighted by molar-refractivity contribution is 6.00. The molecule has 0 unspecified atom stereocenters. The summed E-state index contributed by atoms with van der Waals surface area (Å²) in [5.41, 5.74) is 1.24. The number of rotatable bonds is 5. The van der Waals surface area contributed by atoms with Crippen LogP contribution in [0.3, 0.4) is 0 Å². The van der Waals surface area contributed by atoms with E-state index in [0.29, 0.717) is 16.7 Å². The van der Waals surface area contributed by atoms with Crippen molar-refractivity contribution in [2.75, 3.05) is 11.9 Å². The van der Waals surface area contributed by atoms with Crippen molar-refractivity contribution in [1.82, 2.24) is 5.32 Å². The maximum Gasteiger partial charge on any atom is 0.349 e. The number of anilines is 1. The Kier molecular flexibility index (Phi) is 5.12. The van der Waals surface area contributed by atoms with E-state index in [4.69, 9.17) is 4.42 Å². The Labute approximate surface area is 149 Å². The van der Waals surface area contributed by atoms with E-state index < -0.39 is 11.5 Å². The zero-order chi connectivity index (χ0) is 18.5. The zero-order valence-electron chi connectivity index (χ0n) is 14.2. The van der Waals surface area contributed by atoms with E-state index in [2.05, 4.69) is 10.6 Å². The van der Waals surface area contributed by atoms with Crippen molar-refractivity contribution >= 4 is 28.5 Å². The number of carbonyl (C=O) groups is 2. The van der Waals surface area contributed by atoms with Gasteiger partial charge in [0.05, 0.1) is 6.54 Å². The Morgan fingerprint density at radius 1 is 1.04 bits per heavy atom. The Morgan fingerprint density at radius 2 is 1.77 bits per heavy atom. The number of nitrogens with one attached hydrogen (secondary N) is 2. The van der Waals surface area contributed by atoms with Gasteiger partial charge < -0.3 is 15.1 Å². The molecule has 0 aliphatic heterocycles. The van der Waals surface area contributed by atoms with Crippen molar-refractivity contribution in [3.8, 4) is 0 Å². The normalized spacial score (nSPS) is 10.5. The van der Waals surface area contributed by atoms with Gasteiger partial charge in [0.1, 0.15) is 11.1 Å². The lowest BCUT2D eigenvalue weighted by Crippen LogP contribution is -2.35. The molecule has 3 rings (SSSR count). The second-order valence-electron chi connectivity index (χ2n) is 5.73. The van der Waals surface area contributed by atoms with Gasteiger partial charge in [-0.15, -0.1) is 0 Å². The largest absolute Gasteiger partial charge is 0.422 e. The highest BCUT2D eigenvalue weighted by atomic mass is 16.4. The minimum absolute atomic E-state index is 0.134. The van der Waals surface area contributed by atoms with Gasteiger partial charge in [0.15, 0.2) is 0 Å². The van der Waals surface area contributed by atoms with Crippen LogP contribution in [0.1, 0.15) is 22.8 Å². The third-order valence-electron chi connectivity index (χ3n) is 3.97. The molecule has 0 atom stereocenters. The van der Waals surface area contributed by atoms with E-state index >= 15 is 0 Å². The van der Waals surface area contributed by atoms with Crippen LogP contribution in [-0.4, -0.2) is 18.4 Å². The first kappa shape index (κ1) is 17.4. The zero-order valence-corrected chi connectivity index (χ0v) is 14.2. The lowest BCUT2D eigenvalue weighted by molar-refractivity contribution is -0.115. The molecule has 1 heterocycles. The summed E-state index contributed by atoms with van der Waals surface area (Å²) in [6.45, 7) is 1.74. The van der Waals surface area contributed by atoms with E-state index in [-0.39, 0.29) is 18.0 Å². The molecule has 132 valence electrons. The van der Waals surface area contributed by atoms with Gasteiger partial charge in [-0.2, -0.15) is 0 Å². The third-order valence-corrected chi connectivity index (χ3v) is 3.97. The summed E-state index contributed by atoms with van der Waals surface area (Å²) < 4.78 is 5.13. The molecular weight excluding hydrogens is 332 g/mol. The lowest BCUT2D eigenvalue weighted by atomic mass is 10.1. The Bertz CT molecular complexity index is 1020. The van der Waals surface area contributed by atoms with E-state index in [1.54, 1.807) is 30.3 Å². The lowest BCUT2D eigenvalue weighted by Gasteiger charge is -2.10. The van der Waals surface area contributed by atoms with Gasteiger partial charge in [-0.05, 0) is 30.2 Å². The van der Waals surface area contributed by atoms with Crippen molar-refractivity contribution < 1.29 is 14.0 Å².